The van der Waals surface area contributed by atoms with E-state index in [2.05, 4.69) is 10.9 Å². The largest absolute Gasteiger partial charge is 0.338 e. The molecular formula is C21H22F2N4O2. The van der Waals surface area contributed by atoms with Crippen molar-refractivity contribution in [1.82, 2.24) is 20.7 Å². The number of hydrogen-bond acceptors (Lipinski definition) is 4. The van der Waals surface area contributed by atoms with E-state index in [0.717, 1.165) is 5.56 Å². The molecule has 0 saturated carbocycles. The van der Waals surface area contributed by atoms with Crippen molar-refractivity contribution in [2.75, 3.05) is 26.2 Å². The van der Waals surface area contributed by atoms with E-state index < -0.39 is 0 Å². The molecule has 2 atom stereocenters. The number of rotatable bonds is 3. The van der Waals surface area contributed by atoms with Crippen molar-refractivity contribution in [3.8, 4) is 0 Å². The lowest BCUT2D eigenvalue weighted by Gasteiger charge is -2.36. The molecular weight excluding hydrogens is 378 g/mol. The van der Waals surface area contributed by atoms with E-state index in [1.807, 2.05) is 0 Å². The lowest BCUT2D eigenvalue weighted by atomic mass is 10.0. The Kier molecular flexibility index (Phi) is 5.55. The van der Waals surface area contributed by atoms with E-state index in [1.54, 1.807) is 21.9 Å². The smallest absolute Gasteiger partial charge is 0.253 e. The summed E-state index contributed by atoms with van der Waals surface area (Å²) >= 11 is 0. The standard InChI is InChI=1S/C21H22F2N4O2/c22-16-5-1-14(2-6-16)18-13-19(25-24-18)21(29)27-11-9-26(10-12-27)20(28)15-3-7-17(23)8-4-15/h1-8,18-19,24-25H,9-13H2. The molecule has 6 nitrogen and oxygen atoms in total. The Morgan fingerprint density at radius 2 is 1.34 bits per heavy atom. The molecule has 2 saturated heterocycles. The maximum absolute atomic E-state index is 13.1. The number of amides is 2. The fourth-order valence-electron chi connectivity index (χ4n) is 3.76. The molecule has 2 aromatic carbocycles. The van der Waals surface area contributed by atoms with Crippen LogP contribution in [0.4, 0.5) is 8.78 Å². The number of nitrogens with one attached hydrogen (secondary N) is 2. The van der Waals surface area contributed by atoms with Gasteiger partial charge in [-0.3, -0.25) is 9.59 Å². The van der Waals surface area contributed by atoms with Crippen LogP contribution in [0.3, 0.4) is 0 Å². The average Bonchev–Trinajstić information content (AvgIpc) is 3.24. The van der Waals surface area contributed by atoms with Gasteiger partial charge in [0.15, 0.2) is 0 Å². The number of carbonyl (C=O) groups is 2. The van der Waals surface area contributed by atoms with Crippen LogP contribution in [-0.2, 0) is 4.79 Å². The first-order chi connectivity index (χ1) is 14.0. The molecule has 8 heteroatoms. The highest BCUT2D eigenvalue weighted by Gasteiger charge is 2.34. The summed E-state index contributed by atoms with van der Waals surface area (Å²) in [5.41, 5.74) is 7.49. The van der Waals surface area contributed by atoms with Crippen molar-refractivity contribution in [2.24, 2.45) is 0 Å². The zero-order chi connectivity index (χ0) is 20.4. The van der Waals surface area contributed by atoms with Crippen molar-refractivity contribution >= 4 is 11.8 Å². The van der Waals surface area contributed by atoms with Gasteiger partial charge in [-0.05, 0) is 48.4 Å². The molecule has 0 bridgehead atoms. The predicted molar refractivity (Wildman–Crippen MR) is 103 cm³/mol. The molecule has 2 heterocycles. The predicted octanol–water partition coefficient (Wildman–Crippen LogP) is 1.86. The second-order valence-corrected chi connectivity index (χ2v) is 7.31. The second-order valence-electron chi connectivity index (χ2n) is 7.31. The van der Waals surface area contributed by atoms with E-state index in [-0.39, 0.29) is 35.5 Å². The first kappa shape index (κ1) is 19.5. The second kappa shape index (κ2) is 8.26. The number of carbonyl (C=O) groups excluding carboxylic acids is 2. The monoisotopic (exact) mass is 400 g/mol. The summed E-state index contributed by atoms with van der Waals surface area (Å²) < 4.78 is 26.1. The van der Waals surface area contributed by atoms with Crippen LogP contribution in [0.15, 0.2) is 48.5 Å². The lowest BCUT2D eigenvalue weighted by Crippen LogP contribution is -2.54. The summed E-state index contributed by atoms with van der Waals surface area (Å²) in [4.78, 5) is 28.8. The zero-order valence-electron chi connectivity index (χ0n) is 15.8. The summed E-state index contributed by atoms with van der Waals surface area (Å²) in [6.45, 7) is 1.77. The van der Waals surface area contributed by atoms with Crippen LogP contribution in [0.2, 0.25) is 0 Å². The van der Waals surface area contributed by atoms with Crippen LogP contribution in [0.5, 0.6) is 0 Å². The molecule has 2 unspecified atom stereocenters. The lowest BCUT2D eigenvalue weighted by molar-refractivity contribution is -0.134. The Labute approximate surface area is 167 Å². The molecule has 2 fully saturated rings. The Morgan fingerprint density at radius 1 is 0.793 bits per heavy atom. The fourth-order valence-corrected chi connectivity index (χ4v) is 3.76. The van der Waals surface area contributed by atoms with Crippen LogP contribution in [-0.4, -0.2) is 53.8 Å². The number of hydrazine groups is 1. The minimum atomic E-state index is -0.381. The number of benzene rings is 2. The van der Waals surface area contributed by atoms with Crippen LogP contribution >= 0.6 is 0 Å². The van der Waals surface area contributed by atoms with Gasteiger partial charge in [0.25, 0.3) is 5.91 Å². The van der Waals surface area contributed by atoms with E-state index in [1.165, 1.54) is 36.4 Å². The normalized spacial score (nSPS) is 22.0. The molecule has 2 aromatic rings. The summed E-state index contributed by atoms with van der Waals surface area (Å²) in [7, 11) is 0. The quantitative estimate of drug-likeness (QED) is 0.826. The molecule has 0 radical (unpaired) electrons. The van der Waals surface area contributed by atoms with Gasteiger partial charge >= 0.3 is 0 Å². The number of halogens is 2. The maximum Gasteiger partial charge on any atom is 0.253 e. The fraction of sp³-hybridized carbons (Fsp3) is 0.333. The highest BCUT2D eigenvalue weighted by atomic mass is 19.1. The summed E-state index contributed by atoms with van der Waals surface area (Å²) in [5.74, 6) is -0.848. The summed E-state index contributed by atoms with van der Waals surface area (Å²) in [6, 6.07) is 11.3. The van der Waals surface area contributed by atoms with Crippen molar-refractivity contribution in [3.05, 3.63) is 71.3 Å². The van der Waals surface area contributed by atoms with Gasteiger partial charge < -0.3 is 9.80 Å². The number of nitrogens with zero attached hydrogens (tertiary/aromatic N) is 2. The van der Waals surface area contributed by atoms with Gasteiger partial charge in [-0.2, -0.15) is 0 Å². The third-order valence-electron chi connectivity index (χ3n) is 5.44. The maximum atomic E-state index is 13.1. The Morgan fingerprint density at radius 3 is 1.97 bits per heavy atom. The first-order valence-electron chi connectivity index (χ1n) is 9.61. The van der Waals surface area contributed by atoms with Gasteiger partial charge in [-0.15, -0.1) is 0 Å². The molecule has 0 aromatic heterocycles. The van der Waals surface area contributed by atoms with Gasteiger partial charge in [0, 0.05) is 37.8 Å². The number of piperazine rings is 1. The van der Waals surface area contributed by atoms with E-state index in [0.29, 0.717) is 38.2 Å². The highest BCUT2D eigenvalue weighted by Crippen LogP contribution is 2.23. The van der Waals surface area contributed by atoms with Crippen LogP contribution < -0.4 is 10.9 Å². The van der Waals surface area contributed by atoms with E-state index >= 15 is 0 Å². The summed E-state index contributed by atoms with van der Waals surface area (Å²) in [5, 5.41) is 0. The molecule has 4 rings (SSSR count). The molecule has 0 spiro atoms. The third kappa shape index (κ3) is 4.28. The molecule has 29 heavy (non-hydrogen) atoms. The zero-order valence-corrected chi connectivity index (χ0v) is 15.8. The Hall–Kier alpha value is -2.84. The van der Waals surface area contributed by atoms with Gasteiger partial charge in [0.05, 0.1) is 0 Å². The van der Waals surface area contributed by atoms with Crippen molar-refractivity contribution < 1.29 is 18.4 Å². The molecule has 152 valence electrons. The van der Waals surface area contributed by atoms with Gasteiger partial charge in [-0.1, -0.05) is 12.1 Å². The molecule has 2 N–H and O–H groups in total. The average molecular weight is 400 g/mol. The summed E-state index contributed by atoms with van der Waals surface area (Å²) in [6.07, 6.45) is 0.569. The number of hydrogen-bond donors (Lipinski definition) is 2. The topological polar surface area (TPSA) is 64.7 Å². The van der Waals surface area contributed by atoms with Gasteiger partial charge in [0.1, 0.15) is 17.7 Å². The van der Waals surface area contributed by atoms with Crippen molar-refractivity contribution in [1.29, 1.82) is 0 Å². The van der Waals surface area contributed by atoms with Crippen molar-refractivity contribution in [2.45, 2.75) is 18.5 Å². The van der Waals surface area contributed by atoms with E-state index in [4.69, 9.17) is 0 Å². The Bertz CT molecular complexity index is 881. The minimum absolute atomic E-state index is 0.0176. The SMILES string of the molecule is O=C(c1ccc(F)cc1)N1CCN(C(=O)C2CC(c3ccc(F)cc3)NN2)CC1. The molecule has 2 aliphatic heterocycles. The van der Waals surface area contributed by atoms with Gasteiger partial charge in [0.2, 0.25) is 5.91 Å². The van der Waals surface area contributed by atoms with Crippen LogP contribution in [0, 0.1) is 11.6 Å². The molecule has 2 aliphatic rings. The van der Waals surface area contributed by atoms with Crippen molar-refractivity contribution in [3.63, 3.8) is 0 Å². The first-order valence-corrected chi connectivity index (χ1v) is 9.61. The van der Waals surface area contributed by atoms with Crippen LogP contribution in [0.25, 0.3) is 0 Å². The van der Waals surface area contributed by atoms with E-state index in [9.17, 15) is 18.4 Å². The minimum Gasteiger partial charge on any atom is -0.338 e. The molecule has 0 aliphatic carbocycles. The third-order valence-corrected chi connectivity index (χ3v) is 5.44. The Balaban J connectivity index is 1.30. The van der Waals surface area contributed by atoms with Crippen LogP contribution in [0.1, 0.15) is 28.4 Å². The highest BCUT2D eigenvalue weighted by molar-refractivity contribution is 5.94. The van der Waals surface area contributed by atoms with Gasteiger partial charge in [-0.25, -0.2) is 19.6 Å². The molecule has 2 amide bonds.